The Bertz CT molecular complexity index is 439. The topological polar surface area (TPSA) is 74.7 Å². The molecule has 1 fully saturated rings. The van der Waals surface area contributed by atoms with E-state index in [-0.39, 0.29) is 12.5 Å². The second kappa shape index (κ2) is 6.49. The third-order valence-corrected chi connectivity index (χ3v) is 3.09. The van der Waals surface area contributed by atoms with Gasteiger partial charge in [-0.15, -0.1) is 0 Å². The molecule has 6 nitrogen and oxygen atoms in total. The second-order valence-electron chi connectivity index (χ2n) is 4.32. The van der Waals surface area contributed by atoms with Crippen molar-refractivity contribution >= 4 is 11.7 Å². The van der Waals surface area contributed by atoms with Gasteiger partial charge in [0.15, 0.2) is 0 Å². The smallest absolute Gasteiger partial charge is 0.245 e. The van der Waals surface area contributed by atoms with Crippen molar-refractivity contribution in [2.75, 3.05) is 31.2 Å². The molecule has 1 saturated heterocycles. The zero-order valence-corrected chi connectivity index (χ0v) is 11.0. The van der Waals surface area contributed by atoms with Crippen LogP contribution in [0.4, 0.5) is 5.82 Å². The summed E-state index contributed by atoms with van der Waals surface area (Å²) in [6, 6.07) is 3.19. The predicted octanol–water partition coefficient (Wildman–Crippen LogP) is -0.0848. The highest BCUT2D eigenvalue weighted by atomic mass is 16.5. The van der Waals surface area contributed by atoms with Gasteiger partial charge in [0.2, 0.25) is 5.91 Å². The first-order valence-electron chi connectivity index (χ1n) is 6.44. The number of nitrogens with zero attached hydrogens (tertiary/aromatic N) is 2. The van der Waals surface area contributed by atoms with Crippen molar-refractivity contribution in [1.29, 1.82) is 0 Å². The van der Waals surface area contributed by atoms with Crippen molar-refractivity contribution in [3.8, 4) is 0 Å². The molecular formula is C13H19N3O3. The number of ether oxygens (including phenoxy) is 1. The average molecular weight is 265 g/mol. The minimum atomic E-state index is -0.395. The second-order valence-corrected chi connectivity index (χ2v) is 4.32. The Morgan fingerprint density at radius 3 is 3.26 bits per heavy atom. The summed E-state index contributed by atoms with van der Waals surface area (Å²) in [5.41, 5.74) is 0.721. The molecule has 1 atom stereocenters. The highest BCUT2D eigenvalue weighted by Crippen LogP contribution is 2.21. The number of aliphatic hydroxyl groups excluding tert-OH is 1. The lowest BCUT2D eigenvalue weighted by atomic mass is 10.1. The molecule has 0 saturated carbocycles. The number of aliphatic hydroxyl groups is 1. The number of nitrogens with one attached hydrogen (secondary N) is 1. The number of rotatable bonds is 4. The summed E-state index contributed by atoms with van der Waals surface area (Å²) in [6.07, 6.45) is 1.67. The maximum Gasteiger partial charge on any atom is 0.245 e. The Hall–Kier alpha value is -1.66. The summed E-state index contributed by atoms with van der Waals surface area (Å²) in [5.74, 6) is 0.585. The zero-order valence-electron chi connectivity index (χ0n) is 11.0. The molecule has 1 aliphatic rings. The normalized spacial score (nSPS) is 19.3. The SMILES string of the molecule is CCNC(=O)C1COCCN1c1ncccc1CO. The third kappa shape index (κ3) is 3.02. The molecule has 0 aliphatic carbocycles. The molecule has 19 heavy (non-hydrogen) atoms. The van der Waals surface area contributed by atoms with E-state index < -0.39 is 6.04 Å². The van der Waals surface area contributed by atoms with Gasteiger partial charge in [-0.2, -0.15) is 0 Å². The molecule has 1 aromatic heterocycles. The van der Waals surface area contributed by atoms with Crippen LogP contribution in [0, 0.1) is 0 Å². The van der Waals surface area contributed by atoms with Crippen LogP contribution in [0.3, 0.4) is 0 Å². The number of aromatic nitrogens is 1. The number of likely N-dealkylation sites (N-methyl/N-ethyl adjacent to an activating group) is 1. The summed E-state index contributed by atoms with van der Waals surface area (Å²) in [7, 11) is 0. The van der Waals surface area contributed by atoms with Crippen molar-refractivity contribution in [2.24, 2.45) is 0 Å². The van der Waals surface area contributed by atoms with E-state index in [1.165, 1.54) is 0 Å². The van der Waals surface area contributed by atoms with E-state index in [2.05, 4.69) is 10.3 Å². The number of morpholine rings is 1. The van der Waals surface area contributed by atoms with Crippen LogP contribution in [0.2, 0.25) is 0 Å². The van der Waals surface area contributed by atoms with Crippen LogP contribution in [0.5, 0.6) is 0 Å². The fraction of sp³-hybridized carbons (Fsp3) is 0.538. The molecule has 1 aromatic rings. The van der Waals surface area contributed by atoms with E-state index in [1.807, 2.05) is 17.9 Å². The lowest BCUT2D eigenvalue weighted by Gasteiger charge is -2.36. The standard InChI is InChI=1S/C13H19N3O3/c1-2-14-13(18)11-9-19-7-6-16(11)12-10(8-17)4-3-5-15-12/h3-5,11,17H,2,6-9H2,1H3,(H,14,18). The molecule has 1 unspecified atom stereocenters. The van der Waals surface area contributed by atoms with E-state index in [1.54, 1.807) is 12.3 Å². The Kier molecular flexibility index (Phi) is 4.70. The first-order valence-corrected chi connectivity index (χ1v) is 6.44. The molecule has 104 valence electrons. The van der Waals surface area contributed by atoms with Crippen LogP contribution in [-0.2, 0) is 16.1 Å². The maximum atomic E-state index is 12.1. The lowest BCUT2D eigenvalue weighted by molar-refractivity contribution is -0.124. The van der Waals surface area contributed by atoms with Crippen molar-refractivity contribution in [2.45, 2.75) is 19.6 Å². The summed E-state index contributed by atoms with van der Waals surface area (Å²) in [6.45, 7) is 3.85. The molecule has 2 heterocycles. The van der Waals surface area contributed by atoms with E-state index >= 15 is 0 Å². The Labute approximate surface area is 112 Å². The quantitative estimate of drug-likeness (QED) is 0.796. The van der Waals surface area contributed by atoms with Crippen molar-refractivity contribution in [1.82, 2.24) is 10.3 Å². The molecule has 0 spiro atoms. The number of amides is 1. The first-order chi connectivity index (χ1) is 9.27. The Morgan fingerprint density at radius 1 is 1.68 bits per heavy atom. The van der Waals surface area contributed by atoms with Crippen LogP contribution in [0.1, 0.15) is 12.5 Å². The number of pyridine rings is 1. The van der Waals surface area contributed by atoms with Gasteiger partial charge < -0.3 is 20.1 Å². The number of hydrogen-bond donors (Lipinski definition) is 2. The van der Waals surface area contributed by atoms with Gasteiger partial charge in [-0.1, -0.05) is 6.07 Å². The van der Waals surface area contributed by atoms with Gasteiger partial charge >= 0.3 is 0 Å². The highest BCUT2D eigenvalue weighted by Gasteiger charge is 2.31. The summed E-state index contributed by atoms with van der Waals surface area (Å²) in [5, 5.41) is 12.2. The van der Waals surface area contributed by atoms with Gasteiger partial charge in [0.05, 0.1) is 19.8 Å². The van der Waals surface area contributed by atoms with Gasteiger partial charge in [-0.25, -0.2) is 4.98 Å². The van der Waals surface area contributed by atoms with Crippen LogP contribution in [-0.4, -0.2) is 48.3 Å². The third-order valence-electron chi connectivity index (χ3n) is 3.09. The molecule has 0 aromatic carbocycles. The molecule has 0 bridgehead atoms. The molecular weight excluding hydrogens is 246 g/mol. The summed E-state index contributed by atoms with van der Waals surface area (Å²) >= 11 is 0. The maximum absolute atomic E-state index is 12.1. The van der Waals surface area contributed by atoms with Gasteiger partial charge in [-0.3, -0.25) is 4.79 Å². The minimum Gasteiger partial charge on any atom is -0.392 e. The van der Waals surface area contributed by atoms with E-state index in [4.69, 9.17) is 4.74 Å². The molecule has 2 rings (SSSR count). The largest absolute Gasteiger partial charge is 0.392 e. The van der Waals surface area contributed by atoms with Gasteiger partial charge in [0, 0.05) is 24.8 Å². The monoisotopic (exact) mass is 265 g/mol. The van der Waals surface area contributed by atoms with Crippen LogP contribution < -0.4 is 10.2 Å². The number of anilines is 1. The molecule has 1 amide bonds. The zero-order chi connectivity index (χ0) is 13.7. The highest BCUT2D eigenvalue weighted by molar-refractivity contribution is 5.85. The molecule has 0 radical (unpaired) electrons. The van der Waals surface area contributed by atoms with Crippen LogP contribution in [0.25, 0.3) is 0 Å². The van der Waals surface area contributed by atoms with E-state index in [0.29, 0.717) is 32.1 Å². The molecule has 1 aliphatic heterocycles. The summed E-state index contributed by atoms with van der Waals surface area (Å²) < 4.78 is 5.38. The first kappa shape index (κ1) is 13.8. The average Bonchev–Trinajstić information content (AvgIpc) is 2.47. The van der Waals surface area contributed by atoms with Gasteiger partial charge in [0.1, 0.15) is 11.9 Å². The fourth-order valence-corrected chi connectivity index (χ4v) is 2.18. The summed E-state index contributed by atoms with van der Waals surface area (Å²) in [4.78, 5) is 18.3. The number of carbonyl (C=O) groups is 1. The fourth-order valence-electron chi connectivity index (χ4n) is 2.18. The van der Waals surface area contributed by atoms with Gasteiger partial charge in [0.25, 0.3) is 0 Å². The minimum absolute atomic E-state index is 0.0725. The molecule has 2 N–H and O–H groups in total. The lowest BCUT2D eigenvalue weighted by Crippen LogP contribution is -2.54. The molecule has 6 heteroatoms. The Morgan fingerprint density at radius 2 is 2.53 bits per heavy atom. The van der Waals surface area contributed by atoms with Crippen molar-refractivity contribution in [3.63, 3.8) is 0 Å². The Balaban J connectivity index is 2.26. The van der Waals surface area contributed by atoms with Crippen LogP contribution in [0.15, 0.2) is 18.3 Å². The number of hydrogen-bond acceptors (Lipinski definition) is 5. The van der Waals surface area contributed by atoms with Crippen LogP contribution >= 0.6 is 0 Å². The number of carbonyl (C=O) groups excluding carboxylic acids is 1. The van der Waals surface area contributed by atoms with Gasteiger partial charge in [-0.05, 0) is 13.0 Å². The van der Waals surface area contributed by atoms with E-state index in [9.17, 15) is 9.90 Å². The predicted molar refractivity (Wildman–Crippen MR) is 70.8 cm³/mol. The van der Waals surface area contributed by atoms with Crippen molar-refractivity contribution < 1.29 is 14.6 Å². The van der Waals surface area contributed by atoms with E-state index in [0.717, 1.165) is 5.56 Å². The van der Waals surface area contributed by atoms with Crippen molar-refractivity contribution in [3.05, 3.63) is 23.9 Å².